The summed E-state index contributed by atoms with van der Waals surface area (Å²) in [5.74, 6) is 0. The van der Waals surface area contributed by atoms with Crippen molar-refractivity contribution in [3.8, 4) is 0 Å². The van der Waals surface area contributed by atoms with Gasteiger partial charge in [-0.25, -0.2) is 0 Å². The van der Waals surface area contributed by atoms with Crippen molar-refractivity contribution in [1.29, 1.82) is 0 Å². The molecule has 0 radical (unpaired) electrons. The first-order valence-corrected chi connectivity index (χ1v) is 5.50. The molecule has 0 heterocycles. The summed E-state index contributed by atoms with van der Waals surface area (Å²) in [7, 11) is 1.76. The number of ether oxygens (including phenoxy) is 1. The van der Waals surface area contributed by atoms with E-state index in [0.717, 1.165) is 13.0 Å². The smallest absolute Gasteiger partial charge is 0.0559 e. The molecule has 1 aromatic carbocycles. The average molecular weight is 206 g/mol. The zero-order valence-corrected chi connectivity index (χ0v) is 9.20. The van der Waals surface area contributed by atoms with Gasteiger partial charge in [0, 0.05) is 19.1 Å². The van der Waals surface area contributed by atoms with E-state index in [1.54, 1.807) is 7.11 Å². The van der Waals surface area contributed by atoms with E-state index in [1.807, 2.05) is 6.07 Å². The highest BCUT2D eigenvalue weighted by Gasteiger charge is 2.45. The van der Waals surface area contributed by atoms with Crippen molar-refractivity contribution in [2.24, 2.45) is 0 Å². The van der Waals surface area contributed by atoms with Gasteiger partial charge in [-0.3, -0.25) is 0 Å². The lowest BCUT2D eigenvalue weighted by atomic mass is 9.91. The van der Waals surface area contributed by atoms with Gasteiger partial charge in [-0.1, -0.05) is 24.3 Å². The maximum atomic E-state index is 9.03. The number of methoxy groups -OCH3 is 1. The van der Waals surface area contributed by atoms with Crippen molar-refractivity contribution in [2.75, 3.05) is 20.3 Å². The quantitative estimate of drug-likeness (QED) is 0.797. The highest BCUT2D eigenvalue weighted by Crippen LogP contribution is 2.49. The Kier molecular flexibility index (Phi) is 3.08. The SMILES string of the molecule is COCC1(c2ccccc2CCO)CC1. The molecule has 2 heteroatoms. The molecule has 0 aromatic heterocycles. The highest BCUT2D eigenvalue weighted by atomic mass is 16.5. The first-order chi connectivity index (χ1) is 7.32. The molecule has 1 aromatic rings. The van der Waals surface area contributed by atoms with E-state index in [1.165, 1.54) is 24.0 Å². The molecule has 82 valence electrons. The maximum absolute atomic E-state index is 9.03. The van der Waals surface area contributed by atoms with Gasteiger partial charge in [0.05, 0.1) is 6.61 Å². The van der Waals surface area contributed by atoms with Crippen LogP contribution in [0.2, 0.25) is 0 Å². The summed E-state index contributed by atoms with van der Waals surface area (Å²) in [5, 5.41) is 9.03. The molecule has 0 bridgehead atoms. The van der Waals surface area contributed by atoms with Crippen LogP contribution in [0.3, 0.4) is 0 Å². The van der Waals surface area contributed by atoms with Crippen LogP contribution in [0.1, 0.15) is 24.0 Å². The van der Waals surface area contributed by atoms with Gasteiger partial charge < -0.3 is 9.84 Å². The van der Waals surface area contributed by atoms with Crippen LogP contribution < -0.4 is 0 Å². The summed E-state index contributed by atoms with van der Waals surface area (Å²) in [6, 6.07) is 8.40. The van der Waals surface area contributed by atoms with Crippen molar-refractivity contribution in [2.45, 2.75) is 24.7 Å². The monoisotopic (exact) mass is 206 g/mol. The lowest BCUT2D eigenvalue weighted by molar-refractivity contribution is 0.171. The fourth-order valence-electron chi connectivity index (χ4n) is 2.29. The number of hydrogen-bond acceptors (Lipinski definition) is 2. The Balaban J connectivity index is 2.26. The van der Waals surface area contributed by atoms with Crippen LogP contribution >= 0.6 is 0 Å². The van der Waals surface area contributed by atoms with Crippen LogP contribution in [0, 0.1) is 0 Å². The van der Waals surface area contributed by atoms with Crippen molar-refractivity contribution in [1.82, 2.24) is 0 Å². The lowest BCUT2D eigenvalue weighted by Gasteiger charge is -2.18. The van der Waals surface area contributed by atoms with E-state index in [9.17, 15) is 0 Å². The van der Waals surface area contributed by atoms with Crippen LogP contribution in [-0.2, 0) is 16.6 Å². The van der Waals surface area contributed by atoms with Crippen LogP contribution in [0.5, 0.6) is 0 Å². The minimum Gasteiger partial charge on any atom is -0.396 e. The molecule has 1 saturated carbocycles. The van der Waals surface area contributed by atoms with E-state index in [0.29, 0.717) is 0 Å². The molecule has 15 heavy (non-hydrogen) atoms. The van der Waals surface area contributed by atoms with Crippen molar-refractivity contribution in [3.63, 3.8) is 0 Å². The zero-order valence-electron chi connectivity index (χ0n) is 9.20. The van der Waals surface area contributed by atoms with Crippen molar-refractivity contribution >= 4 is 0 Å². The fraction of sp³-hybridized carbons (Fsp3) is 0.538. The predicted octanol–water partition coefficient (Wildman–Crippen LogP) is 1.90. The van der Waals surface area contributed by atoms with Gasteiger partial charge in [-0.2, -0.15) is 0 Å². The summed E-state index contributed by atoms with van der Waals surface area (Å²) in [4.78, 5) is 0. The third-order valence-corrected chi connectivity index (χ3v) is 3.24. The number of aliphatic hydroxyl groups is 1. The Morgan fingerprint density at radius 1 is 1.33 bits per heavy atom. The third-order valence-electron chi connectivity index (χ3n) is 3.24. The average Bonchev–Trinajstić information content (AvgIpc) is 3.01. The lowest BCUT2D eigenvalue weighted by Crippen LogP contribution is -2.16. The zero-order chi connectivity index (χ0) is 10.7. The molecular formula is C13H18O2. The van der Waals surface area contributed by atoms with E-state index < -0.39 is 0 Å². The molecule has 0 spiro atoms. The van der Waals surface area contributed by atoms with Gasteiger partial charge in [-0.05, 0) is 30.4 Å². The normalized spacial score (nSPS) is 17.7. The fourth-order valence-corrected chi connectivity index (χ4v) is 2.29. The predicted molar refractivity (Wildman–Crippen MR) is 60.0 cm³/mol. The Labute approximate surface area is 90.9 Å². The summed E-state index contributed by atoms with van der Waals surface area (Å²) < 4.78 is 5.29. The van der Waals surface area contributed by atoms with Crippen LogP contribution in [0.25, 0.3) is 0 Å². The molecule has 0 unspecified atom stereocenters. The molecule has 0 atom stereocenters. The molecule has 0 amide bonds. The minimum atomic E-state index is 0.222. The van der Waals surface area contributed by atoms with Crippen LogP contribution in [-0.4, -0.2) is 25.4 Å². The Hall–Kier alpha value is -0.860. The van der Waals surface area contributed by atoms with Gasteiger partial charge in [0.15, 0.2) is 0 Å². The molecule has 1 aliphatic rings. The van der Waals surface area contributed by atoms with Crippen LogP contribution in [0.15, 0.2) is 24.3 Å². The molecule has 0 aliphatic heterocycles. The molecular weight excluding hydrogens is 188 g/mol. The molecule has 2 nitrogen and oxygen atoms in total. The first kappa shape index (κ1) is 10.7. The highest BCUT2D eigenvalue weighted by molar-refractivity contribution is 5.38. The molecule has 2 rings (SSSR count). The third kappa shape index (κ3) is 2.06. The van der Waals surface area contributed by atoms with E-state index in [4.69, 9.17) is 9.84 Å². The summed E-state index contributed by atoms with van der Waals surface area (Å²) in [6.45, 7) is 1.02. The van der Waals surface area contributed by atoms with Gasteiger partial charge in [0.2, 0.25) is 0 Å². The molecule has 1 N–H and O–H groups in total. The summed E-state index contributed by atoms with van der Waals surface area (Å²) in [6.07, 6.45) is 3.17. The number of benzene rings is 1. The standard InChI is InChI=1S/C13H18O2/c1-15-10-13(7-8-13)12-5-3-2-4-11(12)6-9-14/h2-5,14H,6-10H2,1H3. The molecule has 0 saturated heterocycles. The number of rotatable bonds is 5. The Morgan fingerprint density at radius 2 is 2.07 bits per heavy atom. The van der Waals surface area contributed by atoms with E-state index >= 15 is 0 Å². The van der Waals surface area contributed by atoms with E-state index in [2.05, 4.69) is 18.2 Å². The Morgan fingerprint density at radius 3 is 2.67 bits per heavy atom. The van der Waals surface area contributed by atoms with Gasteiger partial charge in [-0.15, -0.1) is 0 Å². The second-order valence-electron chi connectivity index (χ2n) is 4.34. The van der Waals surface area contributed by atoms with Crippen LogP contribution in [0.4, 0.5) is 0 Å². The molecule has 1 aliphatic carbocycles. The summed E-state index contributed by atoms with van der Waals surface area (Å²) >= 11 is 0. The molecule has 1 fully saturated rings. The number of aliphatic hydroxyl groups excluding tert-OH is 1. The van der Waals surface area contributed by atoms with Crippen molar-refractivity contribution < 1.29 is 9.84 Å². The van der Waals surface area contributed by atoms with Gasteiger partial charge in [0.1, 0.15) is 0 Å². The Bertz CT molecular complexity index is 329. The number of hydrogen-bond donors (Lipinski definition) is 1. The van der Waals surface area contributed by atoms with E-state index in [-0.39, 0.29) is 12.0 Å². The van der Waals surface area contributed by atoms with Gasteiger partial charge >= 0.3 is 0 Å². The van der Waals surface area contributed by atoms with Gasteiger partial charge in [0.25, 0.3) is 0 Å². The maximum Gasteiger partial charge on any atom is 0.0559 e. The largest absolute Gasteiger partial charge is 0.396 e. The second-order valence-corrected chi connectivity index (χ2v) is 4.34. The minimum absolute atomic E-state index is 0.222. The van der Waals surface area contributed by atoms with Crippen molar-refractivity contribution in [3.05, 3.63) is 35.4 Å². The first-order valence-electron chi connectivity index (χ1n) is 5.50. The summed E-state index contributed by atoms with van der Waals surface area (Å²) in [5.41, 5.74) is 2.90. The second kappa shape index (κ2) is 4.33. The topological polar surface area (TPSA) is 29.5 Å².